The predicted octanol–water partition coefficient (Wildman–Crippen LogP) is 3.48. The first-order valence-electron chi connectivity index (χ1n) is 6.36. The van der Waals surface area contributed by atoms with Crippen molar-refractivity contribution in [1.29, 1.82) is 0 Å². The van der Waals surface area contributed by atoms with E-state index in [0.29, 0.717) is 6.54 Å². The Kier molecular flexibility index (Phi) is 6.38. The predicted molar refractivity (Wildman–Crippen MR) is 77.3 cm³/mol. The average molecular weight is 308 g/mol. The summed E-state index contributed by atoms with van der Waals surface area (Å²) in [4.78, 5) is 7.04. The summed E-state index contributed by atoms with van der Waals surface area (Å²) in [6, 6.07) is 1.58. The molecule has 0 aliphatic heterocycles. The lowest BCUT2D eigenvalue weighted by molar-refractivity contribution is -0.144. The van der Waals surface area contributed by atoms with Crippen molar-refractivity contribution >= 4 is 23.4 Å². The van der Waals surface area contributed by atoms with E-state index in [2.05, 4.69) is 20.6 Å². The summed E-state index contributed by atoms with van der Waals surface area (Å²) >= 11 is 1.63. The van der Waals surface area contributed by atoms with Gasteiger partial charge in [0.2, 0.25) is 5.82 Å². The summed E-state index contributed by atoms with van der Waals surface area (Å²) in [5.74, 6) is 0.0521. The van der Waals surface area contributed by atoms with Crippen LogP contribution in [0.1, 0.15) is 26.1 Å². The molecule has 0 saturated carbocycles. The first kappa shape index (κ1) is 16.9. The van der Waals surface area contributed by atoms with Gasteiger partial charge in [0.25, 0.3) is 0 Å². The quantitative estimate of drug-likeness (QED) is 0.807. The van der Waals surface area contributed by atoms with Crippen molar-refractivity contribution in [3.63, 3.8) is 0 Å². The van der Waals surface area contributed by atoms with E-state index in [0.717, 1.165) is 12.2 Å². The Balaban J connectivity index is 3.02. The minimum absolute atomic E-state index is 0.0791. The third kappa shape index (κ3) is 5.07. The largest absolute Gasteiger partial charge is 0.451 e. The number of halogens is 3. The second kappa shape index (κ2) is 7.56. The maximum atomic E-state index is 12.8. The molecule has 1 aromatic rings. The van der Waals surface area contributed by atoms with E-state index in [-0.39, 0.29) is 17.7 Å². The Morgan fingerprint density at radius 3 is 2.40 bits per heavy atom. The molecule has 0 aliphatic rings. The third-order valence-electron chi connectivity index (χ3n) is 2.55. The number of aromatic nitrogens is 2. The Bertz CT molecular complexity index is 426. The fourth-order valence-corrected chi connectivity index (χ4v) is 2.31. The van der Waals surface area contributed by atoms with Gasteiger partial charge in [-0.05, 0) is 19.6 Å². The molecule has 0 amide bonds. The van der Waals surface area contributed by atoms with Gasteiger partial charge in [0.1, 0.15) is 11.6 Å². The Morgan fingerprint density at radius 1 is 1.25 bits per heavy atom. The van der Waals surface area contributed by atoms with Crippen LogP contribution in [-0.2, 0) is 6.18 Å². The van der Waals surface area contributed by atoms with Crippen LogP contribution in [0.4, 0.5) is 24.8 Å². The molecule has 114 valence electrons. The van der Waals surface area contributed by atoms with Gasteiger partial charge in [-0.2, -0.15) is 24.9 Å². The first-order valence-corrected chi connectivity index (χ1v) is 7.75. The fraction of sp³-hybridized carbons (Fsp3) is 0.667. The normalized spacial score (nSPS) is 13.1. The molecular weight excluding hydrogens is 289 g/mol. The monoisotopic (exact) mass is 308 g/mol. The highest BCUT2D eigenvalue weighted by molar-refractivity contribution is 7.98. The maximum absolute atomic E-state index is 12.8. The molecule has 0 spiro atoms. The minimum atomic E-state index is -4.55. The van der Waals surface area contributed by atoms with Crippen molar-refractivity contribution in [2.45, 2.75) is 32.5 Å². The second-order valence-electron chi connectivity index (χ2n) is 4.19. The van der Waals surface area contributed by atoms with Crippen molar-refractivity contribution in [2.24, 2.45) is 0 Å². The van der Waals surface area contributed by atoms with E-state index in [4.69, 9.17) is 0 Å². The number of anilines is 2. The smallest absolute Gasteiger partial charge is 0.370 e. The zero-order chi connectivity index (χ0) is 15.2. The van der Waals surface area contributed by atoms with Gasteiger partial charge in [-0.25, -0.2) is 9.97 Å². The van der Waals surface area contributed by atoms with E-state index >= 15 is 0 Å². The van der Waals surface area contributed by atoms with E-state index < -0.39 is 12.0 Å². The van der Waals surface area contributed by atoms with Crippen LogP contribution in [0.25, 0.3) is 0 Å². The van der Waals surface area contributed by atoms with E-state index in [1.807, 2.05) is 13.2 Å². The summed E-state index contributed by atoms with van der Waals surface area (Å²) in [7, 11) is 0. The van der Waals surface area contributed by atoms with E-state index in [1.54, 1.807) is 18.7 Å². The highest BCUT2D eigenvalue weighted by Gasteiger charge is 2.35. The molecule has 0 aromatic carbocycles. The zero-order valence-electron chi connectivity index (χ0n) is 11.7. The van der Waals surface area contributed by atoms with Crippen molar-refractivity contribution in [3.05, 3.63) is 11.9 Å². The third-order valence-corrected chi connectivity index (χ3v) is 3.29. The van der Waals surface area contributed by atoms with Crippen molar-refractivity contribution in [2.75, 3.05) is 29.2 Å². The van der Waals surface area contributed by atoms with Crippen LogP contribution in [0.3, 0.4) is 0 Å². The molecular formula is C12H19F3N4S. The lowest BCUT2D eigenvalue weighted by atomic mass is 10.2. The molecule has 8 heteroatoms. The molecule has 4 nitrogen and oxygen atoms in total. The molecule has 0 fully saturated rings. The number of nitrogens with zero attached hydrogens (tertiary/aromatic N) is 2. The number of hydrogen-bond donors (Lipinski definition) is 2. The van der Waals surface area contributed by atoms with Gasteiger partial charge in [0.15, 0.2) is 0 Å². The Morgan fingerprint density at radius 2 is 1.90 bits per heavy atom. The molecule has 1 unspecified atom stereocenters. The van der Waals surface area contributed by atoms with Crippen LogP contribution in [-0.4, -0.2) is 34.6 Å². The topological polar surface area (TPSA) is 49.8 Å². The molecule has 1 atom stereocenters. The summed E-state index contributed by atoms with van der Waals surface area (Å²) in [5.41, 5.74) is 0. The van der Waals surface area contributed by atoms with Gasteiger partial charge in [0, 0.05) is 24.4 Å². The lowest BCUT2D eigenvalue weighted by Gasteiger charge is -2.18. The molecule has 0 saturated heterocycles. The van der Waals surface area contributed by atoms with Gasteiger partial charge in [-0.3, -0.25) is 0 Å². The molecule has 0 aliphatic carbocycles. The number of rotatable bonds is 7. The van der Waals surface area contributed by atoms with Crippen LogP contribution in [0, 0.1) is 0 Å². The van der Waals surface area contributed by atoms with Gasteiger partial charge in [-0.15, -0.1) is 0 Å². The van der Waals surface area contributed by atoms with Gasteiger partial charge < -0.3 is 10.6 Å². The van der Waals surface area contributed by atoms with Crippen LogP contribution < -0.4 is 10.6 Å². The SMILES string of the molecule is CCNc1cc(NC(CC)CSC)nc(C(F)(F)F)n1. The minimum Gasteiger partial charge on any atom is -0.370 e. The number of thioether (sulfide) groups is 1. The molecule has 2 N–H and O–H groups in total. The Hall–Kier alpha value is -1.18. The van der Waals surface area contributed by atoms with Crippen molar-refractivity contribution in [1.82, 2.24) is 9.97 Å². The lowest BCUT2D eigenvalue weighted by Crippen LogP contribution is -2.23. The van der Waals surface area contributed by atoms with Crippen LogP contribution in [0.15, 0.2) is 6.07 Å². The maximum Gasteiger partial charge on any atom is 0.451 e. The summed E-state index contributed by atoms with van der Waals surface area (Å²) in [6.07, 6.45) is -1.79. The molecule has 1 rings (SSSR count). The fourth-order valence-electron chi connectivity index (χ4n) is 1.59. The Labute approximate surface area is 121 Å². The van der Waals surface area contributed by atoms with Gasteiger partial charge in [0.05, 0.1) is 0 Å². The standard InChI is InChI=1S/C12H19F3N4S/c1-4-8(7-20-3)17-10-6-9(16-5-2)18-11(19-10)12(13,14)15/h6,8H,4-5,7H2,1-3H3,(H2,16,17,18,19). The average Bonchev–Trinajstić information content (AvgIpc) is 2.37. The van der Waals surface area contributed by atoms with E-state index in [1.165, 1.54) is 6.07 Å². The van der Waals surface area contributed by atoms with Crippen molar-refractivity contribution < 1.29 is 13.2 Å². The number of hydrogen-bond acceptors (Lipinski definition) is 5. The summed E-state index contributed by atoms with van der Waals surface area (Å²) in [5, 5.41) is 5.82. The van der Waals surface area contributed by atoms with Crippen LogP contribution in [0.2, 0.25) is 0 Å². The van der Waals surface area contributed by atoms with Crippen LogP contribution in [0.5, 0.6) is 0 Å². The zero-order valence-corrected chi connectivity index (χ0v) is 12.5. The summed E-state index contributed by atoms with van der Waals surface area (Å²) in [6.45, 7) is 4.27. The molecule has 1 aromatic heterocycles. The number of alkyl halides is 3. The molecule has 0 radical (unpaired) electrons. The highest BCUT2D eigenvalue weighted by Crippen LogP contribution is 2.28. The van der Waals surface area contributed by atoms with Gasteiger partial charge in [-0.1, -0.05) is 6.92 Å². The summed E-state index contributed by atoms with van der Waals surface area (Å²) < 4.78 is 38.3. The second-order valence-corrected chi connectivity index (χ2v) is 5.11. The van der Waals surface area contributed by atoms with Crippen molar-refractivity contribution in [3.8, 4) is 0 Å². The molecule has 0 bridgehead atoms. The van der Waals surface area contributed by atoms with Gasteiger partial charge >= 0.3 is 6.18 Å². The highest BCUT2D eigenvalue weighted by atomic mass is 32.2. The van der Waals surface area contributed by atoms with Crippen LogP contribution >= 0.6 is 11.8 Å². The van der Waals surface area contributed by atoms with E-state index in [9.17, 15) is 13.2 Å². The molecule has 20 heavy (non-hydrogen) atoms. The number of nitrogens with one attached hydrogen (secondary N) is 2. The first-order chi connectivity index (χ1) is 9.40. The molecule has 1 heterocycles.